The van der Waals surface area contributed by atoms with Gasteiger partial charge in [0.2, 0.25) is 10.0 Å². The number of rotatable bonds is 7. The van der Waals surface area contributed by atoms with Crippen LogP contribution < -0.4 is 16.2 Å². The van der Waals surface area contributed by atoms with Crippen LogP contribution in [0.3, 0.4) is 0 Å². The lowest BCUT2D eigenvalue weighted by Crippen LogP contribution is -2.47. The largest absolute Gasteiger partial charge is 0.496 e. The van der Waals surface area contributed by atoms with Crippen molar-refractivity contribution in [1.82, 2.24) is 9.21 Å². The molecule has 2 aliphatic rings. The van der Waals surface area contributed by atoms with Gasteiger partial charge in [-0.25, -0.2) is 12.7 Å². The molecule has 9 nitrogen and oxygen atoms in total. The van der Waals surface area contributed by atoms with Crippen molar-refractivity contribution in [2.24, 2.45) is 11.7 Å². The van der Waals surface area contributed by atoms with Crippen LogP contribution in [0.2, 0.25) is 0 Å². The topological polar surface area (TPSA) is 128 Å². The Labute approximate surface area is 178 Å². The number of primary amides is 1. The highest BCUT2D eigenvalue weighted by atomic mass is 32.2. The first kappa shape index (κ1) is 22.8. The second-order valence-electron chi connectivity index (χ2n) is 8.18. The molecule has 0 aliphatic carbocycles. The zero-order valence-corrected chi connectivity index (χ0v) is 18.5. The van der Waals surface area contributed by atoms with Crippen LogP contribution >= 0.6 is 0 Å². The number of piperidine rings is 1. The molecule has 168 valence electrons. The van der Waals surface area contributed by atoms with E-state index in [9.17, 15) is 13.2 Å². The van der Waals surface area contributed by atoms with Crippen LogP contribution in [0.15, 0.2) is 12.1 Å². The molecule has 1 amide bonds. The first-order valence-corrected chi connectivity index (χ1v) is 12.1. The minimum Gasteiger partial charge on any atom is -0.496 e. The number of nitrogen functional groups attached to an aromatic ring is 1. The minimum absolute atomic E-state index is 0.0359. The first-order chi connectivity index (χ1) is 14.2. The third-order valence-corrected chi connectivity index (χ3v) is 7.26. The van der Waals surface area contributed by atoms with Gasteiger partial charge in [-0.2, -0.15) is 0 Å². The minimum atomic E-state index is -3.10. The summed E-state index contributed by atoms with van der Waals surface area (Å²) in [6.45, 7) is 4.37. The van der Waals surface area contributed by atoms with Crippen molar-refractivity contribution in [3.05, 3.63) is 23.3 Å². The molecule has 2 fully saturated rings. The molecule has 0 aromatic heterocycles. The summed E-state index contributed by atoms with van der Waals surface area (Å²) < 4.78 is 36.1. The molecule has 0 radical (unpaired) electrons. The van der Waals surface area contributed by atoms with Gasteiger partial charge in [0.1, 0.15) is 5.75 Å². The number of amides is 1. The number of benzene rings is 1. The highest BCUT2D eigenvalue weighted by molar-refractivity contribution is 7.88. The number of anilines is 1. The van der Waals surface area contributed by atoms with Gasteiger partial charge in [-0.3, -0.25) is 9.69 Å². The normalized spacial score (nSPS) is 22.1. The SMILES string of the molecule is COc1cc(N)c(C[C@H]2CN(CC3CCN(S(C)(=O)=O)CC3)CCO2)cc1C(N)=O. The van der Waals surface area contributed by atoms with E-state index < -0.39 is 15.9 Å². The van der Waals surface area contributed by atoms with E-state index in [-0.39, 0.29) is 6.10 Å². The van der Waals surface area contributed by atoms with E-state index >= 15 is 0 Å². The third kappa shape index (κ3) is 5.63. The number of sulfonamides is 1. The van der Waals surface area contributed by atoms with Gasteiger partial charge in [-0.1, -0.05) is 0 Å². The number of carbonyl (C=O) groups excluding carboxylic acids is 1. The van der Waals surface area contributed by atoms with Gasteiger partial charge in [0.25, 0.3) is 5.91 Å². The predicted octanol–water partition coefficient (Wildman–Crippen LogP) is 0.291. The molecule has 1 aromatic rings. The Morgan fingerprint density at radius 1 is 1.27 bits per heavy atom. The van der Waals surface area contributed by atoms with Gasteiger partial charge < -0.3 is 20.9 Å². The second kappa shape index (κ2) is 9.51. The van der Waals surface area contributed by atoms with Gasteiger partial charge in [-0.05, 0) is 30.4 Å². The average molecular weight is 441 g/mol. The zero-order chi connectivity index (χ0) is 21.9. The van der Waals surface area contributed by atoms with Crippen molar-refractivity contribution in [1.29, 1.82) is 0 Å². The van der Waals surface area contributed by atoms with Gasteiger partial charge in [0.15, 0.2) is 0 Å². The molecule has 0 unspecified atom stereocenters. The molecule has 2 saturated heterocycles. The Morgan fingerprint density at radius 3 is 2.57 bits per heavy atom. The van der Waals surface area contributed by atoms with E-state index in [2.05, 4.69) is 4.90 Å². The van der Waals surface area contributed by atoms with Crippen molar-refractivity contribution >= 4 is 21.6 Å². The van der Waals surface area contributed by atoms with Crippen LogP contribution in [0.1, 0.15) is 28.8 Å². The monoisotopic (exact) mass is 440 g/mol. The number of ether oxygens (including phenoxy) is 2. The summed E-state index contributed by atoms with van der Waals surface area (Å²) in [6, 6.07) is 3.32. The van der Waals surface area contributed by atoms with Gasteiger partial charge in [0.05, 0.1) is 31.6 Å². The lowest BCUT2D eigenvalue weighted by atomic mass is 9.96. The van der Waals surface area contributed by atoms with E-state index in [4.69, 9.17) is 20.9 Å². The van der Waals surface area contributed by atoms with E-state index in [1.54, 1.807) is 16.4 Å². The Kier molecular flexibility index (Phi) is 7.22. The maximum Gasteiger partial charge on any atom is 0.252 e. The number of hydrogen-bond acceptors (Lipinski definition) is 7. The van der Waals surface area contributed by atoms with E-state index in [1.807, 2.05) is 0 Å². The molecule has 0 bridgehead atoms. The summed E-state index contributed by atoms with van der Waals surface area (Å²) >= 11 is 0. The van der Waals surface area contributed by atoms with Gasteiger partial charge >= 0.3 is 0 Å². The number of nitrogens with zero attached hydrogens (tertiary/aromatic N) is 2. The molecular formula is C20H32N4O5S. The standard InChI is InChI=1S/C20H32N4O5S/c1-28-19-11-18(21)15(10-17(19)20(22)25)9-16-13-23(7-8-29-16)12-14-3-5-24(6-4-14)30(2,26)27/h10-11,14,16H,3-9,12-13,21H2,1-2H3,(H2,22,25)/t16-/m0/s1. The summed E-state index contributed by atoms with van der Waals surface area (Å²) in [6.07, 6.45) is 3.57. The molecule has 30 heavy (non-hydrogen) atoms. The maximum atomic E-state index is 11.7. The van der Waals surface area contributed by atoms with Crippen molar-refractivity contribution in [2.75, 3.05) is 58.4 Å². The van der Waals surface area contributed by atoms with Gasteiger partial charge in [-0.15, -0.1) is 0 Å². The third-order valence-electron chi connectivity index (χ3n) is 5.96. The highest BCUT2D eigenvalue weighted by Gasteiger charge is 2.28. The molecule has 3 rings (SSSR count). The highest BCUT2D eigenvalue weighted by Crippen LogP contribution is 2.27. The van der Waals surface area contributed by atoms with Crippen molar-refractivity contribution in [2.45, 2.75) is 25.4 Å². The smallest absolute Gasteiger partial charge is 0.252 e. The molecule has 0 saturated carbocycles. The van der Waals surface area contributed by atoms with Gasteiger partial charge in [0, 0.05) is 50.9 Å². The maximum absolute atomic E-state index is 11.7. The fraction of sp³-hybridized carbons (Fsp3) is 0.650. The number of morpholine rings is 1. The quantitative estimate of drug-likeness (QED) is 0.583. The van der Waals surface area contributed by atoms with Crippen LogP contribution in [0.5, 0.6) is 5.75 Å². The summed E-state index contributed by atoms with van der Waals surface area (Å²) in [5.74, 6) is 0.296. The number of carbonyl (C=O) groups is 1. The Morgan fingerprint density at radius 2 is 1.97 bits per heavy atom. The summed E-state index contributed by atoms with van der Waals surface area (Å²) in [5, 5.41) is 0. The molecule has 4 N–H and O–H groups in total. The van der Waals surface area contributed by atoms with Crippen LogP contribution in [0.25, 0.3) is 0 Å². The van der Waals surface area contributed by atoms with Crippen molar-refractivity contribution in [3.8, 4) is 5.75 Å². The summed E-state index contributed by atoms with van der Waals surface area (Å²) in [7, 11) is -1.62. The van der Waals surface area contributed by atoms with Crippen molar-refractivity contribution < 1.29 is 22.7 Å². The second-order valence-corrected chi connectivity index (χ2v) is 10.2. The Bertz CT molecular complexity index is 868. The van der Waals surface area contributed by atoms with Crippen molar-refractivity contribution in [3.63, 3.8) is 0 Å². The molecule has 2 heterocycles. The molecular weight excluding hydrogens is 408 g/mol. The van der Waals surface area contributed by atoms with Crippen LogP contribution in [0, 0.1) is 5.92 Å². The molecule has 2 aliphatic heterocycles. The van der Waals surface area contributed by atoms with Crippen LogP contribution in [0.4, 0.5) is 5.69 Å². The Hall–Kier alpha value is -1.88. The number of nitrogens with two attached hydrogens (primary N) is 2. The summed E-state index contributed by atoms with van der Waals surface area (Å²) in [4.78, 5) is 14.1. The predicted molar refractivity (Wildman–Crippen MR) is 115 cm³/mol. The van der Waals surface area contributed by atoms with Crippen LogP contribution in [-0.2, 0) is 21.2 Å². The lowest BCUT2D eigenvalue weighted by molar-refractivity contribution is -0.0338. The van der Waals surface area contributed by atoms with Crippen LogP contribution in [-0.4, -0.2) is 82.3 Å². The fourth-order valence-electron chi connectivity index (χ4n) is 4.28. The zero-order valence-electron chi connectivity index (χ0n) is 17.7. The number of hydrogen-bond donors (Lipinski definition) is 2. The average Bonchev–Trinajstić information content (AvgIpc) is 2.69. The summed E-state index contributed by atoms with van der Waals surface area (Å²) in [5.41, 5.74) is 13.3. The van der Waals surface area contributed by atoms with E-state index in [1.165, 1.54) is 13.4 Å². The molecule has 0 spiro atoms. The van der Waals surface area contributed by atoms with E-state index in [0.29, 0.717) is 49.0 Å². The number of methoxy groups -OCH3 is 1. The Balaban J connectivity index is 1.58. The first-order valence-electron chi connectivity index (χ1n) is 10.2. The lowest BCUT2D eigenvalue weighted by Gasteiger charge is -2.37. The fourth-order valence-corrected chi connectivity index (χ4v) is 5.16. The van der Waals surface area contributed by atoms with E-state index in [0.717, 1.165) is 38.0 Å². The molecule has 1 atom stereocenters. The molecule has 10 heteroatoms. The molecule has 1 aromatic carbocycles.